The molecule has 2 heterocycles. The number of carbonyl (C=O) groups excluding carboxylic acids is 2. The van der Waals surface area contributed by atoms with Crippen LogP contribution >= 0.6 is 0 Å². The van der Waals surface area contributed by atoms with Gasteiger partial charge in [0, 0.05) is 0 Å². The second-order valence-corrected chi connectivity index (χ2v) is 8.32. The molecule has 9 heteroatoms. The first kappa shape index (κ1) is 16.7. The molecule has 1 aromatic carbocycles. The van der Waals surface area contributed by atoms with Gasteiger partial charge in [-0.3, -0.25) is 9.69 Å². The number of sulfone groups is 1. The van der Waals surface area contributed by atoms with Crippen LogP contribution in [0.15, 0.2) is 24.3 Å². The molecule has 24 heavy (non-hydrogen) atoms. The highest BCUT2D eigenvalue weighted by Crippen LogP contribution is 2.33. The number of imide groups is 1. The molecule has 0 bridgehead atoms. The Kier molecular flexibility index (Phi) is 3.80. The lowest BCUT2D eigenvalue weighted by atomic mass is 9.91. The maximum absolute atomic E-state index is 12.8. The van der Waals surface area contributed by atoms with Crippen LogP contribution in [0, 0.1) is 0 Å². The van der Waals surface area contributed by atoms with Crippen LogP contribution in [0.1, 0.15) is 12.5 Å². The van der Waals surface area contributed by atoms with Gasteiger partial charge in [0.15, 0.2) is 9.84 Å². The molecule has 2 aliphatic rings. The van der Waals surface area contributed by atoms with Crippen molar-refractivity contribution in [1.82, 2.24) is 10.2 Å². The Morgan fingerprint density at radius 3 is 2.38 bits per heavy atom. The van der Waals surface area contributed by atoms with Crippen LogP contribution in [0.5, 0.6) is 5.75 Å². The molecule has 130 valence electrons. The van der Waals surface area contributed by atoms with Gasteiger partial charge in [-0.1, -0.05) is 12.1 Å². The summed E-state index contributed by atoms with van der Waals surface area (Å²) in [6, 6.07) is 4.86. The molecule has 0 aliphatic carbocycles. The summed E-state index contributed by atoms with van der Waals surface area (Å²) in [7, 11) is -1.96. The van der Waals surface area contributed by atoms with Crippen molar-refractivity contribution in [2.45, 2.75) is 24.6 Å². The van der Waals surface area contributed by atoms with E-state index in [1.165, 1.54) is 7.11 Å². The molecule has 2 N–H and O–H groups in total. The summed E-state index contributed by atoms with van der Waals surface area (Å²) in [5, 5.41) is 12.6. The minimum Gasteiger partial charge on any atom is -0.497 e. The predicted octanol–water partition coefficient (Wildman–Crippen LogP) is -0.380. The highest BCUT2D eigenvalue weighted by molar-refractivity contribution is 7.91. The molecule has 0 spiro atoms. The highest BCUT2D eigenvalue weighted by atomic mass is 32.2. The van der Waals surface area contributed by atoms with Gasteiger partial charge >= 0.3 is 6.03 Å². The highest BCUT2D eigenvalue weighted by Gasteiger charge is 2.55. The molecule has 0 saturated carbocycles. The maximum Gasteiger partial charge on any atom is 0.325 e. The Morgan fingerprint density at radius 2 is 1.88 bits per heavy atom. The van der Waals surface area contributed by atoms with E-state index < -0.39 is 51.0 Å². The topological polar surface area (TPSA) is 113 Å². The van der Waals surface area contributed by atoms with Crippen molar-refractivity contribution in [2.24, 2.45) is 0 Å². The number of amides is 3. The molecule has 3 atom stereocenters. The first-order valence-corrected chi connectivity index (χ1v) is 9.19. The third-order valence-electron chi connectivity index (χ3n) is 4.51. The lowest BCUT2D eigenvalue weighted by molar-refractivity contribution is -0.133. The summed E-state index contributed by atoms with van der Waals surface area (Å²) in [5.74, 6) is -0.855. The molecule has 2 fully saturated rings. The SMILES string of the molecule is COc1ccc([C@]2(C)NC(=O)N([C@@H]3CS(=O)(=O)C[C@@H]3O)C2=O)cc1. The summed E-state index contributed by atoms with van der Waals surface area (Å²) in [4.78, 5) is 26.0. The fourth-order valence-corrected chi connectivity index (χ4v) is 4.91. The van der Waals surface area contributed by atoms with E-state index >= 15 is 0 Å². The Morgan fingerprint density at radius 1 is 1.25 bits per heavy atom. The van der Waals surface area contributed by atoms with Crippen molar-refractivity contribution in [3.05, 3.63) is 29.8 Å². The third-order valence-corrected chi connectivity index (χ3v) is 6.21. The standard InChI is InChI=1S/C15H18N2O6S/c1-15(9-3-5-10(23-2)6-4-9)13(19)17(14(20)16-15)11-7-24(21,22)8-12(11)18/h3-6,11-12,18H,7-8H2,1-2H3,(H,16,20)/t11-,12+,15+/m1/s1. The van der Waals surface area contributed by atoms with Gasteiger partial charge in [-0.15, -0.1) is 0 Å². The summed E-state index contributed by atoms with van der Waals surface area (Å²) >= 11 is 0. The lowest BCUT2D eigenvalue weighted by Gasteiger charge is -2.25. The number of hydrogen-bond acceptors (Lipinski definition) is 6. The lowest BCUT2D eigenvalue weighted by Crippen LogP contribution is -2.48. The Balaban J connectivity index is 1.93. The van der Waals surface area contributed by atoms with Gasteiger partial charge in [0.25, 0.3) is 5.91 Å². The normalized spacial score (nSPS) is 32.0. The van der Waals surface area contributed by atoms with Crippen LogP contribution in [0.25, 0.3) is 0 Å². The maximum atomic E-state index is 12.8. The van der Waals surface area contributed by atoms with Crippen LogP contribution < -0.4 is 10.1 Å². The molecule has 3 amide bonds. The van der Waals surface area contributed by atoms with Crippen molar-refractivity contribution in [3.8, 4) is 5.75 Å². The number of benzene rings is 1. The van der Waals surface area contributed by atoms with E-state index in [0.29, 0.717) is 11.3 Å². The first-order valence-electron chi connectivity index (χ1n) is 7.37. The first-order chi connectivity index (χ1) is 11.2. The van der Waals surface area contributed by atoms with Gasteiger partial charge in [-0.2, -0.15) is 0 Å². The largest absolute Gasteiger partial charge is 0.497 e. The second kappa shape index (κ2) is 5.45. The van der Waals surface area contributed by atoms with Crippen molar-refractivity contribution in [2.75, 3.05) is 18.6 Å². The second-order valence-electron chi connectivity index (χ2n) is 6.17. The number of nitrogens with zero attached hydrogens (tertiary/aromatic N) is 1. The Bertz CT molecular complexity index is 791. The molecule has 0 unspecified atom stereocenters. The number of aliphatic hydroxyl groups excluding tert-OH is 1. The van der Waals surface area contributed by atoms with Crippen molar-refractivity contribution < 1.29 is 27.9 Å². The van der Waals surface area contributed by atoms with Gasteiger partial charge in [-0.05, 0) is 24.6 Å². The van der Waals surface area contributed by atoms with Gasteiger partial charge in [0.1, 0.15) is 11.3 Å². The minimum absolute atomic E-state index is 0.425. The number of urea groups is 1. The molecular formula is C15H18N2O6S. The minimum atomic E-state index is -3.48. The summed E-state index contributed by atoms with van der Waals surface area (Å²) < 4.78 is 28.4. The fraction of sp³-hybridized carbons (Fsp3) is 0.467. The van der Waals surface area contributed by atoms with E-state index in [4.69, 9.17) is 4.74 Å². The van der Waals surface area contributed by atoms with Gasteiger partial charge in [0.2, 0.25) is 0 Å². The van der Waals surface area contributed by atoms with E-state index in [9.17, 15) is 23.1 Å². The van der Waals surface area contributed by atoms with Crippen molar-refractivity contribution >= 4 is 21.8 Å². The van der Waals surface area contributed by atoms with E-state index in [1.54, 1.807) is 31.2 Å². The average molecular weight is 354 g/mol. The summed E-state index contributed by atoms with van der Waals surface area (Å²) in [6.07, 6.45) is -1.28. The zero-order valence-electron chi connectivity index (χ0n) is 13.2. The number of methoxy groups -OCH3 is 1. The molecule has 0 radical (unpaired) electrons. The molecular weight excluding hydrogens is 336 g/mol. The fourth-order valence-electron chi connectivity index (χ4n) is 3.14. The quantitative estimate of drug-likeness (QED) is 0.716. The van der Waals surface area contributed by atoms with E-state index in [0.717, 1.165) is 4.90 Å². The zero-order chi connectivity index (χ0) is 17.7. The monoisotopic (exact) mass is 354 g/mol. The van der Waals surface area contributed by atoms with Crippen LogP contribution in [0.3, 0.4) is 0 Å². The average Bonchev–Trinajstić information content (AvgIpc) is 2.92. The molecule has 0 aromatic heterocycles. The van der Waals surface area contributed by atoms with Crippen LogP contribution in [-0.4, -0.2) is 61.1 Å². The summed E-state index contributed by atoms with van der Waals surface area (Å²) in [6.45, 7) is 1.55. The number of ether oxygens (including phenoxy) is 1. The van der Waals surface area contributed by atoms with Gasteiger partial charge in [-0.25, -0.2) is 13.2 Å². The van der Waals surface area contributed by atoms with Crippen LogP contribution in [0.2, 0.25) is 0 Å². The van der Waals surface area contributed by atoms with Crippen molar-refractivity contribution in [3.63, 3.8) is 0 Å². The van der Waals surface area contributed by atoms with Crippen molar-refractivity contribution in [1.29, 1.82) is 0 Å². The Labute approximate surface area is 139 Å². The number of carbonyl (C=O) groups is 2. The summed E-state index contributed by atoms with van der Waals surface area (Å²) in [5.41, 5.74) is -0.783. The number of nitrogens with one attached hydrogen (secondary N) is 1. The van der Waals surface area contributed by atoms with Gasteiger partial charge < -0.3 is 15.2 Å². The number of rotatable bonds is 3. The van der Waals surface area contributed by atoms with Crippen LogP contribution in [0.4, 0.5) is 4.79 Å². The third kappa shape index (κ3) is 2.53. The Hall–Kier alpha value is -2.13. The predicted molar refractivity (Wildman–Crippen MR) is 84.2 cm³/mol. The molecule has 8 nitrogen and oxygen atoms in total. The zero-order valence-corrected chi connectivity index (χ0v) is 14.0. The number of hydrogen-bond donors (Lipinski definition) is 2. The van der Waals surface area contributed by atoms with Gasteiger partial charge in [0.05, 0.1) is 30.8 Å². The van der Waals surface area contributed by atoms with Crippen LogP contribution in [-0.2, 0) is 20.2 Å². The number of aliphatic hydroxyl groups is 1. The molecule has 1 aromatic rings. The van der Waals surface area contributed by atoms with E-state index in [-0.39, 0.29) is 0 Å². The molecule has 2 saturated heterocycles. The van der Waals surface area contributed by atoms with E-state index in [2.05, 4.69) is 5.32 Å². The van der Waals surface area contributed by atoms with E-state index in [1.807, 2.05) is 0 Å². The molecule has 2 aliphatic heterocycles. The smallest absolute Gasteiger partial charge is 0.325 e. The molecule has 3 rings (SSSR count).